The van der Waals surface area contributed by atoms with E-state index in [9.17, 15) is 5.11 Å². The Morgan fingerprint density at radius 2 is 1.75 bits per heavy atom. The Hall–Kier alpha value is -0.0400. The minimum absolute atomic E-state index is 0.100. The lowest BCUT2D eigenvalue weighted by Crippen LogP contribution is -2.17. The number of aliphatic hydroxyl groups is 1. The van der Waals surface area contributed by atoms with E-state index in [4.69, 9.17) is 0 Å². The highest BCUT2D eigenvalue weighted by Crippen LogP contribution is 2.17. The average Bonchev–Trinajstić information content (AvgIpc) is 2.00. The van der Waals surface area contributed by atoms with E-state index in [-0.39, 0.29) is 6.10 Å². The van der Waals surface area contributed by atoms with E-state index in [1.807, 2.05) is 0 Å². The first-order valence-electron chi connectivity index (χ1n) is 5.26. The predicted octanol–water partition coefficient (Wildman–Crippen LogP) is 3.22. The van der Waals surface area contributed by atoms with Gasteiger partial charge in [0.1, 0.15) is 0 Å². The fraction of sp³-hybridized carbons (Fsp3) is 1.00. The van der Waals surface area contributed by atoms with E-state index in [1.165, 1.54) is 19.3 Å². The summed E-state index contributed by atoms with van der Waals surface area (Å²) in [6, 6.07) is 0. The molecule has 1 heteroatoms. The van der Waals surface area contributed by atoms with Crippen LogP contribution in [0, 0.1) is 11.8 Å². The Labute approximate surface area is 77.2 Å². The van der Waals surface area contributed by atoms with Crippen molar-refractivity contribution in [1.82, 2.24) is 0 Å². The molecule has 0 radical (unpaired) electrons. The molecule has 0 aromatic heterocycles. The summed E-state index contributed by atoms with van der Waals surface area (Å²) in [5.41, 5.74) is 0. The van der Waals surface area contributed by atoms with Gasteiger partial charge in [-0.3, -0.25) is 0 Å². The maximum Gasteiger partial charge on any atom is 0.0565 e. The van der Waals surface area contributed by atoms with Crippen molar-refractivity contribution in [2.45, 2.75) is 59.5 Å². The molecule has 12 heavy (non-hydrogen) atoms. The lowest BCUT2D eigenvalue weighted by Gasteiger charge is -2.18. The van der Waals surface area contributed by atoms with Gasteiger partial charge >= 0.3 is 0 Å². The summed E-state index contributed by atoms with van der Waals surface area (Å²) in [5, 5.41) is 9.60. The average molecular weight is 172 g/mol. The standard InChI is InChI=1S/C11H24O/c1-5-6-7-10(4)8-11(12)9(2)3/h9-12H,5-8H2,1-4H3. The van der Waals surface area contributed by atoms with Crippen molar-refractivity contribution < 1.29 is 5.11 Å². The molecule has 0 heterocycles. The van der Waals surface area contributed by atoms with E-state index >= 15 is 0 Å². The fourth-order valence-electron chi connectivity index (χ4n) is 1.35. The molecule has 1 nitrogen and oxygen atoms in total. The summed E-state index contributed by atoms with van der Waals surface area (Å²) >= 11 is 0. The number of hydrogen-bond donors (Lipinski definition) is 1. The zero-order chi connectivity index (χ0) is 9.56. The van der Waals surface area contributed by atoms with Crippen LogP contribution in [0.1, 0.15) is 53.4 Å². The molecule has 0 aliphatic heterocycles. The number of aliphatic hydroxyl groups excluding tert-OH is 1. The van der Waals surface area contributed by atoms with Gasteiger partial charge in [-0.25, -0.2) is 0 Å². The summed E-state index contributed by atoms with van der Waals surface area (Å²) in [7, 11) is 0. The molecule has 0 saturated heterocycles. The van der Waals surface area contributed by atoms with Gasteiger partial charge in [0.15, 0.2) is 0 Å². The molecule has 0 bridgehead atoms. The van der Waals surface area contributed by atoms with Crippen molar-refractivity contribution in [2.24, 2.45) is 11.8 Å². The number of hydrogen-bond acceptors (Lipinski definition) is 1. The predicted molar refractivity (Wildman–Crippen MR) is 54.2 cm³/mol. The molecule has 0 fully saturated rings. The van der Waals surface area contributed by atoms with Gasteiger partial charge in [0.2, 0.25) is 0 Å². The summed E-state index contributed by atoms with van der Waals surface area (Å²) < 4.78 is 0. The fourth-order valence-corrected chi connectivity index (χ4v) is 1.35. The Bertz CT molecular complexity index is 99.2. The van der Waals surface area contributed by atoms with Crippen LogP contribution in [0.3, 0.4) is 0 Å². The van der Waals surface area contributed by atoms with Gasteiger partial charge < -0.3 is 5.11 Å². The molecule has 2 atom stereocenters. The molecule has 0 spiro atoms. The topological polar surface area (TPSA) is 20.2 Å². The van der Waals surface area contributed by atoms with Crippen LogP contribution in [-0.4, -0.2) is 11.2 Å². The maximum absolute atomic E-state index is 9.60. The molecule has 0 aromatic rings. The zero-order valence-electron chi connectivity index (χ0n) is 9.01. The smallest absolute Gasteiger partial charge is 0.0565 e. The van der Waals surface area contributed by atoms with Gasteiger partial charge in [-0.2, -0.15) is 0 Å². The van der Waals surface area contributed by atoms with Crippen molar-refractivity contribution in [2.75, 3.05) is 0 Å². The van der Waals surface area contributed by atoms with Gasteiger partial charge in [-0.15, -0.1) is 0 Å². The molecule has 0 amide bonds. The van der Waals surface area contributed by atoms with Crippen LogP contribution in [0.4, 0.5) is 0 Å². The van der Waals surface area contributed by atoms with Crippen molar-refractivity contribution in [3.05, 3.63) is 0 Å². The van der Waals surface area contributed by atoms with Crippen LogP contribution in [0.5, 0.6) is 0 Å². The minimum Gasteiger partial charge on any atom is -0.393 e. The zero-order valence-corrected chi connectivity index (χ0v) is 9.01. The Morgan fingerprint density at radius 3 is 2.17 bits per heavy atom. The van der Waals surface area contributed by atoms with Crippen molar-refractivity contribution in [3.63, 3.8) is 0 Å². The lowest BCUT2D eigenvalue weighted by molar-refractivity contribution is 0.0980. The van der Waals surface area contributed by atoms with Gasteiger partial charge in [0.25, 0.3) is 0 Å². The first-order chi connectivity index (χ1) is 5.57. The second-order valence-corrected chi connectivity index (χ2v) is 4.29. The van der Waals surface area contributed by atoms with Crippen molar-refractivity contribution in [3.8, 4) is 0 Å². The SMILES string of the molecule is CCCCC(C)CC(O)C(C)C. The summed E-state index contributed by atoms with van der Waals surface area (Å²) in [5.74, 6) is 1.09. The van der Waals surface area contributed by atoms with Crippen LogP contribution in [0.15, 0.2) is 0 Å². The summed E-state index contributed by atoms with van der Waals surface area (Å²) in [6.07, 6.45) is 4.70. The molecule has 0 aliphatic rings. The van der Waals surface area contributed by atoms with Crippen molar-refractivity contribution in [1.29, 1.82) is 0 Å². The van der Waals surface area contributed by atoms with Crippen LogP contribution >= 0.6 is 0 Å². The van der Waals surface area contributed by atoms with Crippen LogP contribution in [0.2, 0.25) is 0 Å². The Balaban J connectivity index is 3.47. The molecule has 0 aromatic carbocycles. The van der Waals surface area contributed by atoms with Crippen molar-refractivity contribution >= 4 is 0 Å². The van der Waals surface area contributed by atoms with Gasteiger partial charge in [0.05, 0.1) is 6.10 Å². The largest absolute Gasteiger partial charge is 0.393 e. The highest BCUT2D eigenvalue weighted by atomic mass is 16.3. The third kappa shape index (κ3) is 5.59. The second kappa shape index (κ2) is 6.47. The number of unbranched alkanes of at least 4 members (excludes halogenated alkanes) is 1. The first-order valence-corrected chi connectivity index (χ1v) is 5.26. The molecular weight excluding hydrogens is 148 g/mol. The number of rotatable bonds is 6. The van der Waals surface area contributed by atoms with Gasteiger partial charge in [-0.05, 0) is 18.3 Å². The molecule has 0 rings (SSSR count). The monoisotopic (exact) mass is 172 g/mol. The van der Waals surface area contributed by atoms with Gasteiger partial charge in [0, 0.05) is 0 Å². The third-order valence-corrected chi connectivity index (χ3v) is 2.46. The molecule has 0 saturated carbocycles. The second-order valence-electron chi connectivity index (χ2n) is 4.29. The highest BCUT2D eigenvalue weighted by molar-refractivity contribution is 4.64. The summed E-state index contributed by atoms with van der Waals surface area (Å²) in [6.45, 7) is 8.61. The quantitative estimate of drug-likeness (QED) is 0.652. The van der Waals surface area contributed by atoms with E-state index in [2.05, 4.69) is 27.7 Å². The molecular formula is C11H24O. The lowest BCUT2D eigenvalue weighted by atomic mass is 9.93. The van der Waals surface area contributed by atoms with Gasteiger partial charge in [-0.1, -0.05) is 47.0 Å². The normalized spacial score (nSPS) is 16.5. The molecule has 74 valence electrons. The van der Waals surface area contributed by atoms with E-state index in [0.717, 1.165) is 6.42 Å². The molecule has 0 aliphatic carbocycles. The third-order valence-electron chi connectivity index (χ3n) is 2.46. The van der Waals surface area contributed by atoms with Crippen LogP contribution in [0.25, 0.3) is 0 Å². The molecule has 2 unspecified atom stereocenters. The summed E-state index contributed by atoms with van der Waals surface area (Å²) in [4.78, 5) is 0. The highest BCUT2D eigenvalue weighted by Gasteiger charge is 2.12. The van der Waals surface area contributed by atoms with Crippen LogP contribution in [-0.2, 0) is 0 Å². The van der Waals surface area contributed by atoms with E-state index in [0.29, 0.717) is 11.8 Å². The van der Waals surface area contributed by atoms with E-state index < -0.39 is 0 Å². The maximum atomic E-state index is 9.60. The van der Waals surface area contributed by atoms with Crippen LogP contribution < -0.4 is 0 Å². The Morgan fingerprint density at radius 1 is 1.17 bits per heavy atom. The van der Waals surface area contributed by atoms with E-state index in [1.54, 1.807) is 0 Å². The minimum atomic E-state index is -0.100. The first kappa shape index (κ1) is 12.0. The Kier molecular flexibility index (Phi) is 6.45. The molecule has 1 N–H and O–H groups in total.